The molecule has 0 amide bonds. The first-order valence-electron chi connectivity index (χ1n) is 6.86. The van der Waals surface area contributed by atoms with Crippen LogP contribution in [0.3, 0.4) is 0 Å². The van der Waals surface area contributed by atoms with E-state index in [9.17, 15) is 13.2 Å². The maximum absolute atomic E-state index is 12.0. The molecule has 7 heteroatoms. The number of benzene rings is 1. The van der Waals surface area contributed by atoms with E-state index in [-0.39, 0.29) is 13.0 Å². The van der Waals surface area contributed by atoms with Crippen LogP contribution in [0.2, 0.25) is 0 Å². The Morgan fingerprint density at radius 3 is 2.48 bits per heavy atom. The van der Waals surface area contributed by atoms with E-state index in [4.69, 9.17) is 5.11 Å². The van der Waals surface area contributed by atoms with E-state index in [0.29, 0.717) is 17.7 Å². The molecule has 0 aliphatic rings. The zero-order chi connectivity index (χ0) is 15.9. The lowest BCUT2D eigenvalue weighted by Crippen LogP contribution is -2.38. The van der Waals surface area contributed by atoms with E-state index >= 15 is 0 Å². The molecule has 0 aromatic heterocycles. The van der Waals surface area contributed by atoms with Crippen molar-refractivity contribution < 1.29 is 18.3 Å². The van der Waals surface area contributed by atoms with Crippen molar-refractivity contribution >= 4 is 16.2 Å². The lowest BCUT2D eigenvalue weighted by Gasteiger charge is -2.18. The Morgan fingerprint density at radius 1 is 1.29 bits per heavy atom. The molecule has 1 aromatic rings. The smallest absolute Gasteiger partial charge is 0.307 e. The van der Waals surface area contributed by atoms with Gasteiger partial charge in [-0.25, -0.2) is 0 Å². The molecule has 0 bridgehead atoms. The molecule has 21 heavy (non-hydrogen) atoms. The summed E-state index contributed by atoms with van der Waals surface area (Å²) in [6.07, 6.45) is 1.60. The summed E-state index contributed by atoms with van der Waals surface area (Å²) in [5.41, 5.74) is 1.29. The molecule has 0 saturated heterocycles. The van der Waals surface area contributed by atoms with Crippen LogP contribution in [0.4, 0.5) is 0 Å². The van der Waals surface area contributed by atoms with Gasteiger partial charge in [-0.3, -0.25) is 4.79 Å². The van der Waals surface area contributed by atoms with E-state index in [1.54, 1.807) is 24.3 Å². The van der Waals surface area contributed by atoms with Gasteiger partial charge >= 0.3 is 5.97 Å². The summed E-state index contributed by atoms with van der Waals surface area (Å²) in [6.45, 7) is 2.54. The number of nitrogens with zero attached hydrogens (tertiary/aromatic N) is 1. The molecule has 6 nitrogen and oxygen atoms in total. The molecule has 0 aliphatic heterocycles. The Bertz CT molecular complexity index is 572. The van der Waals surface area contributed by atoms with Gasteiger partial charge in [-0.2, -0.15) is 17.4 Å². The predicted octanol–water partition coefficient (Wildman–Crippen LogP) is 1.38. The van der Waals surface area contributed by atoms with E-state index in [1.165, 1.54) is 11.4 Å². The number of hydrogen-bond donors (Lipinski definition) is 2. The van der Waals surface area contributed by atoms with Crippen molar-refractivity contribution in [2.24, 2.45) is 0 Å². The maximum atomic E-state index is 12.0. The van der Waals surface area contributed by atoms with E-state index in [0.717, 1.165) is 12.8 Å². The standard InChI is InChI=1S/C14H22N2O4S/c1-3-4-9-16(2)21(19,20)15-11-13-8-6-5-7-12(13)10-14(17)18/h5-8,15H,3-4,9-11H2,1-2H3,(H,17,18). The van der Waals surface area contributed by atoms with E-state index in [1.807, 2.05) is 6.92 Å². The molecule has 0 heterocycles. The number of carbonyl (C=O) groups is 1. The van der Waals surface area contributed by atoms with Crippen LogP contribution in [0, 0.1) is 0 Å². The Kier molecular flexibility index (Phi) is 6.80. The number of rotatable bonds is 9. The number of aliphatic carboxylic acids is 1. The van der Waals surface area contributed by atoms with E-state index in [2.05, 4.69) is 4.72 Å². The van der Waals surface area contributed by atoms with Gasteiger partial charge in [-0.1, -0.05) is 37.6 Å². The van der Waals surface area contributed by atoms with Crippen molar-refractivity contribution in [3.8, 4) is 0 Å². The molecule has 0 aliphatic carbocycles. The molecule has 2 N–H and O–H groups in total. The van der Waals surface area contributed by atoms with Crippen LogP contribution >= 0.6 is 0 Å². The van der Waals surface area contributed by atoms with E-state index < -0.39 is 16.2 Å². The van der Waals surface area contributed by atoms with Crippen LogP contribution < -0.4 is 4.72 Å². The molecule has 0 atom stereocenters. The van der Waals surface area contributed by atoms with Gasteiger partial charge in [-0.05, 0) is 17.5 Å². The molecule has 0 radical (unpaired) electrons. The van der Waals surface area contributed by atoms with Crippen LogP contribution in [0.1, 0.15) is 30.9 Å². The Morgan fingerprint density at radius 2 is 1.90 bits per heavy atom. The summed E-state index contributed by atoms with van der Waals surface area (Å²) in [7, 11) is -2.01. The fourth-order valence-electron chi connectivity index (χ4n) is 1.85. The zero-order valence-electron chi connectivity index (χ0n) is 12.4. The first kappa shape index (κ1) is 17.6. The van der Waals surface area contributed by atoms with Gasteiger partial charge < -0.3 is 5.11 Å². The van der Waals surface area contributed by atoms with Crippen molar-refractivity contribution in [3.63, 3.8) is 0 Å². The second-order valence-corrected chi connectivity index (χ2v) is 6.70. The molecule has 1 aromatic carbocycles. The normalized spacial score (nSPS) is 11.8. The van der Waals surface area contributed by atoms with Gasteiger partial charge in [-0.15, -0.1) is 0 Å². The van der Waals surface area contributed by atoms with Crippen molar-refractivity contribution in [2.45, 2.75) is 32.7 Å². The first-order valence-corrected chi connectivity index (χ1v) is 8.30. The predicted molar refractivity (Wildman–Crippen MR) is 81.1 cm³/mol. The SMILES string of the molecule is CCCCN(C)S(=O)(=O)NCc1ccccc1CC(=O)O. The van der Waals surface area contributed by atoms with Crippen molar-refractivity contribution in [1.82, 2.24) is 9.03 Å². The third-order valence-corrected chi connectivity index (χ3v) is 4.65. The fraction of sp³-hybridized carbons (Fsp3) is 0.500. The lowest BCUT2D eigenvalue weighted by atomic mass is 10.1. The average molecular weight is 314 g/mol. The van der Waals surface area contributed by atoms with Crippen molar-refractivity contribution in [3.05, 3.63) is 35.4 Å². The highest BCUT2D eigenvalue weighted by Gasteiger charge is 2.17. The monoisotopic (exact) mass is 314 g/mol. The summed E-state index contributed by atoms with van der Waals surface area (Å²) in [5, 5.41) is 8.86. The van der Waals surface area contributed by atoms with Gasteiger partial charge in [0.05, 0.1) is 6.42 Å². The maximum Gasteiger partial charge on any atom is 0.307 e. The minimum atomic E-state index is -3.54. The van der Waals surface area contributed by atoms with Gasteiger partial charge in [0.2, 0.25) is 0 Å². The molecule has 118 valence electrons. The number of carboxylic acids is 1. The second kappa shape index (κ2) is 8.11. The number of unbranched alkanes of at least 4 members (excludes halogenated alkanes) is 1. The molecular formula is C14H22N2O4S. The van der Waals surface area contributed by atoms with Crippen LogP contribution in [-0.4, -0.2) is 37.4 Å². The van der Waals surface area contributed by atoms with Crippen LogP contribution in [0.15, 0.2) is 24.3 Å². The molecule has 1 rings (SSSR count). The molecule has 0 spiro atoms. The highest BCUT2D eigenvalue weighted by atomic mass is 32.2. The van der Waals surface area contributed by atoms with Gasteiger partial charge in [0.1, 0.15) is 0 Å². The summed E-state index contributed by atoms with van der Waals surface area (Å²) in [5.74, 6) is -0.939. The number of nitrogens with one attached hydrogen (secondary N) is 1. The highest BCUT2D eigenvalue weighted by molar-refractivity contribution is 7.87. The minimum Gasteiger partial charge on any atom is -0.481 e. The van der Waals surface area contributed by atoms with Crippen molar-refractivity contribution in [2.75, 3.05) is 13.6 Å². The van der Waals surface area contributed by atoms with Crippen molar-refractivity contribution in [1.29, 1.82) is 0 Å². The number of hydrogen-bond acceptors (Lipinski definition) is 3. The van der Waals surface area contributed by atoms with Gasteiger partial charge in [0.25, 0.3) is 10.2 Å². The van der Waals surface area contributed by atoms with Crippen LogP contribution in [0.25, 0.3) is 0 Å². The average Bonchev–Trinajstić information content (AvgIpc) is 2.43. The topological polar surface area (TPSA) is 86.7 Å². The second-order valence-electron chi connectivity index (χ2n) is 4.84. The summed E-state index contributed by atoms with van der Waals surface area (Å²) in [6, 6.07) is 6.92. The molecular weight excluding hydrogens is 292 g/mol. The quantitative estimate of drug-likeness (QED) is 0.721. The first-order chi connectivity index (χ1) is 9.86. The Hall–Kier alpha value is -1.44. The zero-order valence-corrected chi connectivity index (χ0v) is 13.2. The molecule has 0 unspecified atom stereocenters. The third-order valence-electron chi connectivity index (χ3n) is 3.14. The lowest BCUT2D eigenvalue weighted by molar-refractivity contribution is -0.136. The fourth-order valence-corrected chi connectivity index (χ4v) is 2.77. The largest absolute Gasteiger partial charge is 0.481 e. The van der Waals surface area contributed by atoms with Gasteiger partial charge in [0, 0.05) is 20.1 Å². The summed E-state index contributed by atoms with van der Waals surface area (Å²) < 4.78 is 27.9. The third kappa shape index (κ3) is 5.82. The Balaban J connectivity index is 2.72. The number of carboxylic acid groups (broad SMARTS) is 1. The summed E-state index contributed by atoms with van der Waals surface area (Å²) in [4.78, 5) is 10.8. The van der Waals surface area contributed by atoms with Crippen LogP contribution in [-0.2, 0) is 28.0 Å². The molecule has 0 fully saturated rings. The summed E-state index contributed by atoms with van der Waals surface area (Å²) >= 11 is 0. The molecule has 0 saturated carbocycles. The Labute approximate surface area is 126 Å². The van der Waals surface area contributed by atoms with Crippen LogP contribution in [0.5, 0.6) is 0 Å². The highest BCUT2D eigenvalue weighted by Crippen LogP contribution is 2.10. The van der Waals surface area contributed by atoms with Gasteiger partial charge in [0.15, 0.2) is 0 Å². The minimum absolute atomic E-state index is 0.0856.